The van der Waals surface area contributed by atoms with E-state index in [0.717, 1.165) is 11.5 Å². The molecule has 0 saturated carbocycles. The molecule has 0 spiro atoms. The Morgan fingerprint density at radius 1 is 1.07 bits per heavy atom. The molecule has 3 rings (SSSR count). The molecule has 3 heterocycles. The molecule has 0 bridgehead atoms. The van der Waals surface area contributed by atoms with E-state index in [-0.39, 0.29) is 0 Å². The quantitative estimate of drug-likeness (QED) is 0.566. The Hall–Kier alpha value is -2.17. The van der Waals surface area contributed by atoms with Crippen LogP contribution in [0.25, 0.3) is 11.5 Å². The van der Waals surface area contributed by atoms with Crippen molar-refractivity contribution in [3.05, 3.63) is 43.0 Å². The van der Waals surface area contributed by atoms with Crippen molar-refractivity contribution in [3.8, 4) is 5.82 Å². The van der Waals surface area contributed by atoms with Crippen LogP contribution in [0.4, 0.5) is 0 Å². The molecule has 5 nitrogen and oxygen atoms in total. The Morgan fingerprint density at radius 2 is 2.00 bits per heavy atom. The van der Waals surface area contributed by atoms with Gasteiger partial charge in [0.15, 0.2) is 11.5 Å². The molecule has 68 valence electrons. The van der Waals surface area contributed by atoms with Crippen LogP contribution in [0.1, 0.15) is 0 Å². The lowest BCUT2D eigenvalue weighted by atomic mass is 10.6. The lowest BCUT2D eigenvalue weighted by molar-refractivity contribution is 0.851. The first-order valence-electron chi connectivity index (χ1n) is 4.24. The first kappa shape index (κ1) is 7.25. The molecule has 0 atom stereocenters. The standard InChI is InChI=1S/C9H7N5/c1-3-8-12-9(7-14(8)11-4-1)13-6-2-5-10-13/h1-7H. The number of fused-ring (bicyclic) bond motifs is 1. The van der Waals surface area contributed by atoms with Crippen molar-refractivity contribution in [1.82, 2.24) is 24.4 Å². The molecule has 0 aromatic carbocycles. The molecule has 3 aromatic heterocycles. The number of aromatic nitrogens is 5. The maximum Gasteiger partial charge on any atom is 0.174 e. The van der Waals surface area contributed by atoms with Gasteiger partial charge in [-0.25, -0.2) is 14.2 Å². The highest BCUT2D eigenvalue weighted by Crippen LogP contribution is 2.05. The second-order valence-corrected chi connectivity index (χ2v) is 2.88. The Balaban J connectivity index is 2.24. The molecular formula is C9H7N5. The first-order valence-corrected chi connectivity index (χ1v) is 4.24. The minimum atomic E-state index is 0.772. The van der Waals surface area contributed by atoms with Gasteiger partial charge in [0.25, 0.3) is 0 Å². The fourth-order valence-corrected chi connectivity index (χ4v) is 1.33. The molecule has 5 heteroatoms. The van der Waals surface area contributed by atoms with Gasteiger partial charge in [-0.15, -0.1) is 0 Å². The molecule has 0 radical (unpaired) electrons. The summed E-state index contributed by atoms with van der Waals surface area (Å²) in [4.78, 5) is 4.36. The van der Waals surface area contributed by atoms with Crippen LogP contribution in [0.3, 0.4) is 0 Å². The third-order valence-electron chi connectivity index (χ3n) is 1.96. The summed E-state index contributed by atoms with van der Waals surface area (Å²) in [5.41, 5.74) is 0.818. The van der Waals surface area contributed by atoms with E-state index in [1.54, 1.807) is 21.6 Å². The SMILES string of the molecule is c1cnn2cc(-n3cccn3)nc2c1. The van der Waals surface area contributed by atoms with Crippen molar-refractivity contribution < 1.29 is 0 Å². The summed E-state index contributed by atoms with van der Waals surface area (Å²) in [6.07, 6.45) is 7.13. The van der Waals surface area contributed by atoms with Crippen LogP contribution in [0, 0.1) is 0 Å². The van der Waals surface area contributed by atoms with Crippen molar-refractivity contribution in [2.45, 2.75) is 0 Å². The Bertz CT molecular complexity index is 518. The summed E-state index contributed by atoms with van der Waals surface area (Å²) in [5.74, 6) is 0.772. The highest BCUT2D eigenvalue weighted by atomic mass is 15.3. The summed E-state index contributed by atoms with van der Waals surface area (Å²) in [6.45, 7) is 0. The van der Waals surface area contributed by atoms with Gasteiger partial charge in [-0.1, -0.05) is 0 Å². The number of hydrogen-bond donors (Lipinski definition) is 0. The summed E-state index contributed by atoms with van der Waals surface area (Å²) in [7, 11) is 0. The average molecular weight is 185 g/mol. The van der Waals surface area contributed by atoms with E-state index in [2.05, 4.69) is 15.2 Å². The summed E-state index contributed by atoms with van der Waals surface area (Å²) in [5, 5.41) is 8.22. The predicted molar refractivity (Wildman–Crippen MR) is 50.1 cm³/mol. The Kier molecular flexibility index (Phi) is 1.38. The summed E-state index contributed by atoms with van der Waals surface area (Å²) < 4.78 is 3.42. The Labute approximate surface area is 79.6 Å². The van der Waals surface area contributed by atoms with Crippen LogP contribution < -0.4 is 0 Å². The van der Waals surface area contributed by atoms with Gasteiger partial charge in [0.1, 0.15) is 0 Å². The summed E-state index contributed by atoms with van der Waals surface area (Å²) >= 11 is 0. The van der Waals surface area contributed by atoms with Crippen LogP contribution in [-0.4, -0.2) is 24.4 Å². The van der Waals surface area contributed by atoms with Crippen molar-refractivity contribution in [2.24, 2.45) is 0 Å². The number of rotatable bonds is 1. The predicted octanol–water partition coefficient (Wildman–Crippen LogP) is 0.915. The molecule has 0 aliphatic rings. The fraction of sp³-hybridized carbons (Fsp3) is 0. The normalized spacial score (nSPS) is 10.9. The van der Waals surface area contributed by atoms with Gasteiger partial charge in [0.05, 0.1) is 6.20 Å². The van der Waals surface area contributed by atoms with Gasteiger partial charge >= 0.3 is 0 Å². The van der Waals surface area contributed by atoms with Crippen LogP contribution >= 0.6 is 0 Å². The number of hydrogen-bond acceptors (Lipinski definition) is 3. The second kappa shape index (κ2) is 2.66. The minimum Gasteiger partial charge on any atom is -0.221 e. The van der Waals surface area contributed by atoms with E-state index >= 15 is 0 Å². The van der Waals surface area contributed by atoms with E-state index in [4.69, 9.17) is 0 Å². The molecule has 0 unspecified atom stereocenters. The van der Waals surface area contributed by atoms with E-state index in [0.29, 0.717) is 0 Å². The van der Waals surface area contributed by atoms with Crippen molar-refractivity contribution in [1.29, 1.82) is 0 Å². The van der Waals surface area contributed by atoms with Crippen LogP contribution in [-0.2, 0) is 0 Å². The Morgan fingerprint density at radius 3 is 2.79 bits per heavy atom. The highest BCUT2D eigenvalue weighted by molar-refractivity contribution is 5.41. The largest absolute Gasteiger partial charge is 0.221 e. The monoisotopic (exact) mass is 185 g/mol. The number of imidazole rings is 1. The molecule has 0 saturated heterocycles. The van der Waals surface area contributed by atoms with Crippen LogP contribution in [0.15, 0.2) is 43.0 Å². The molecule has 3 aromatic rings. The first-order chi connectivity index (χ1) is 6.93. The molecule has 0 amide bonds. The fourth-order valence-electron chi connectivity index (χ4n) is 1.33. The van der Waals surface area contributed by atoms with Gasteiger partial charge in [0, 0.05) is 18.6 Å². The molecule has 0 fully saturated rings. The third-order valence-corrected chi connectivity index (χ3v) is 1.96. The van der Waals surface area contributed by atoms with Gasteiger partial charge < -0.3 is 0 Å². The topological polar surface area (TPSA) is 48.0 Å². The molecule has 0 N–H and O–H groups in total. The van der Waals surface area contributed by atoms with Crippen molar-refractivity contribution >= 4 is 5.65 Å². The second-order valence-electron chi connectivity index (χ2n) is 2.88. The molecule has 0 aliphatic carbocycles. The lowest BCUT2D eigenvalue weighted by Crippen LogP contribution is -1.93. The zero-order valence-electron chi connectivity index (χ0n) is 7.28. The maximum absolute atomic E-state index is 4.36. The third kappa shape index (κ3) is 0.990. The van der Waals surface area contributed by atoms with E-state index in [1.807, 2.05) is 30.6 Å². The minimum absolute atomic E-state index is 0.772. The highest BCUT2D eigenvalue weighted by Gasteiger charge is 2.02. The van der Waals surface area contributed by atoms with Gasteiger partial charge in [0.2, 0.25) is 0 Å². The van der Waals surface area contributed by atoms with E-state index < -0.39 is 0 Å². The maximum atomic E-state index is 4.36. The van der Waals surface area contributed by atoms with Crippen LogP contribution in [0.2, 0.25) is 0 Å². The van der Waals surface area contributed by atoms with Gasteiger partial charge in [-0.3, -0.25) is 0 Å². The summed E-state index contributed by atoms with van der Waals surface area (Å²) in [6, 6.07) is 5.62. The van der Waals surface area contributed by atoms with Gasteiger partial charge in [-0.2, -0.15) is 10.2 Å². The van der Waals surface area contributed by atoms with Crippen LogP contribution in [0.5, 0.6) is 0 Å². The van der Waals surface area contributed by atoms with Gasteiger partial charge in [-0.05, 0) is 18.2 Å². The molecule has 0 aliphatic heterocycles. The number of nitrogens with zero attached hydrogens (tertiary/aromatic N) is 5. The molecular weight excluding hydrogens is 178 g/mol. The van der Waals surface area contributed by atoms with E-state index in [1.165, 1.54) is 0 Å². The lowest BCUT2D eigenvalue weighted by Gasteiger charge is -1.90. The zero-order chi connectivity index (χ0) is 9.38. The average Bonchev–Trinajstić information content (AvgIpc) is 2.86. The van der Waals surface area contributed by atoms with E-state index in [9.17, 15) is 0 Å². The van der Waals surface area contributed by atoms with Crippen molar-refractivity contribution in [3.63, 3.8) is 0 Å². The van der Waals surface area contributed by atoms with Crippen molar-refractivity contribution in [2.75, 3.05) is 0 Å². The smallest absolute Gasteiger partial charge is 0.174 e. The molecule has 14 heavy (non-hydrogen) atoms. The zero-order valence-corrected chi connectivity index (χ0v) is 7.28.